The molecule has 0 aliphatic heterocycles. The van der Waals surface area contributed by atoms with Gasteiger partial charge in [-0.3, -0.25) is 0 Å². The Kier molecular flexibility index (Phi) is 4.14. The Morgan fingerprint density at radius 2 is 2.04 bits per heavy atom. The minimum atomic E-state index is -0.489. The average Bonchev–Trinajstić information content (AvgIpc) is 3.33. The van der Waals surface area contributed by atoms with Crippen LogP contribution < -0.4 is 0 Å². The second-order valence-electron chi connectivity index (χ2n) is 5.56. The van der Waals surface area contributed by atoms with E-state index in [1.165, 1.54) is 0 Å². The van der Waals surface area contributed by atoms with E-state index >= 15 is 0 Å². The molecule has 2 aromatic heterocycles. The number of nitrogens with zero attached hydrogens (tertiary/aromatic N) is 5. The molecule has 0 aliphatic rings. The largest absolute Gasteiger partial charge is 0.452 e. The van der Waals surface area contributed by atoms with Crippen LogP contribution in [-0.2, 0) is 17.9 Å². The molecule has 130 valence electrons. The number of hydrogen-bond acceptors (Lipinski definition) is 7. The molecule has 0 fully saturated rings. The van der Waals surface area contributed by atoms with Crippen LogP contribution in [0.2, 0.25) is 0 Å². The fourth-order valence-corrected chi connectivity index (χ4v) is 2.56. The molecule has 2 heterocycles. The smallest absolute Gasteiger partial charge is 0.338 e. The number of fused-ring (bicyclic) bond motifs is 1. The summed E-state index contributed by atoms with van der Waals surface area (Å²) in [7, 11) is 0. The zero-order chi connectivity index (χ0) is 17.9. The SMILES string of the molecule is CCn1nnc2cc(C(=O)OCc3nc(-c4ccccc4)no3)ccc21. The number of esters is 1. The molecule has 0 amide bonds. The first-order chi connectivity index (χ1) is 12.7. The number of hydrogen-bond donors (Lipinski definition) is 0. The van der Waals surface area contributed by atoms with Crippen LogP contribution in [0.25, 0.3) is 22.4 Å². The molecule has 26 heavy (non-hydrogen) atoms. The van der Waals surface area contributed by atoms with Crippen molar-refractivity contribution in [3.05, 3.63) is 60.0 Å². The van der Waals surface area contributed by atoms with Gasteiger partial charge >= 0.3 is 5.97 Å². The Balaban J connectivity index is 1.45. The predicted octanol–water partition coefficient (Wildman–Crippen LogP) is 2.86. The molecule has 4 aromatic rings. The summed E-state index contributed by atoms with van der Waals surface area (Å²) in [4.78, 5) is 16.5. The lowest BCUT2D eigenvalue weighted by Crippen LogP contribution is -2.05. The third-order valence-electron chi connectivity index (χ3n) is 3.88. The molecule has 0 radical (unpaired) electrons. The Labute approximate surface area is 148 Å². The lowest BCUT2D eigenvalue weighted by Gasteiger charge is -2.02. The second kappa shape index (κ2) is 6.75. The summed E-state index contributed by atoms with van der Waals surface area (Å²) in [5.74, 6) is 0.196. The van der Waals surface area contributed by atoms with E-state index in [1.807, 2.05) is 37.3 Å². The Hall–Kier alpha value is -3.55. The lowest BCUT2D eigenvalue weighted by atomic mass is 10.2. The first-order valence-corrected chi connectivity index (χ1v) is 8.13. The monoisotopic (exact) mass is 349 g/mol. The van der Waals surface area contributed by atoms with Crippen LogP contribution in [0.4, 0.5) is 0 Å². The molecular weight excluding hydrogens is 334 g/mol. The number of rotatable bonds is 5. The highest BCUT2D eigenvalue weighted by atomic mass is 16.6. The highest BCUT2D eigenvalue weighted by Crippen LogP contribution is 2.17. The molecule has 0 saturated carbocycles. The second-order valence-corrected chi connectivity index (χ2v) is 5.56. The van der Waals surface area contributed by atoms with Gasteiger partial charge in [-0.2, -0.15) is 4.98 Å². The molecule has 0 unspecified atom stereocenters. The highest BCUT2D eigenvalue weighted by molar-refractivity contribution is 5.93. The first-order valence-electron chi connectivity index (χ1n) is 8.13. The van der Waals surface area contributed by atoms with Gasteiger partial charge in [0.15, 0.2) is 6.61 Å². The van der Waals surface area contributed by atoms with Gasteiger partial charge in [-0.15, -0.1) is 5.10 Å². The Morgan fingerprint density at radius 1 is 1.19 bits per heavy atom. The van der Waals surface area contributed by atoms with Crippen molar-refractivity contribution in [1.82, 2.24) is 25.1 Å². The number of aryl methyl sites for hydroxylation is 1. The molecule has 0 saturated heterocycles. The number of benzene rings is 2. The van der Waals surface area contributed by atoms with Crippen LogP contribution in [0.1, 0.15) is 23.2 Å². The summed E-state index contributed by atoms with van der Waals surface area (Å²) in [5.41, 5.74) is 2.74. The normalized spacial score (nSPS) is 11.0. The molecule has 8 heteroatoms. The molecule has 2 aromatic carbocycles. The first kappa shape index (κ1) is 15.9. The quantitative estimate of drug-likeness (QED) is 0.511. The number of carbonyl (C=O) groups is 1. The topological polar surface area (TPSA) is 95.9 Å². The molecule has 0 aliphatic carbocycles. The van der Waals surface area contributed by atoms with Gasteiger partial charge in [0.25, 0.3) is 5.89 Å². The van der Waals surface area contributed by atoms with Crippen LogP contribution in [0.5, 0.6) is 0 Å². The van der Waals surface area contributed by atoms with Crippen molar-refractivity contribution in [1.29, 1.82) is 0 Å². The van der Waals surface area contributed by atoms with Gasteiger partial charge in [-0.25, -0.2) is 9.48 Å². The molecule has 0 bridgehead atoms. The Bertz CT molecular complexity index is 1060. The van der Waals surface area contributed by atoms with Gasteiger partial charge in [0.05, 0.1) is 11.1 Å². The van der Waals surface area contributed by atoms with Crippen molar-refractivity contribution in [2.75, 3.05) is 0 Å². The zero-order valence-electron chi connectivity index (χ0n) is 14.0. The maximum Gasteiger partial charge on any atom is 0.338 e. The van der Waals surface area contributed by atoms with Gasteiger partial charge in [-0.1, -0.05) is 40.7 Å². The average molecular weight is 349 g/mol. The Morgan fingerprint density at radius 3 is 2.85 bits per heavy atom. The highest BCUT2D eigenvalue weighted by Gasteiger charge is 2.14. The van der Waals surface area contributed by atoms with E-state index in [2.05, 4.69) is 20.5 Å². The minimum Gasteiger partial charge on any atom is -0.452 e. The van der Waals surface area contributed by atoms with Crippen molar-refractivity contribution in [3.63, 3.8) is 0 Å². The van der Waals surface area contributed by atoms with Crippen LogP contribution in [0, 0.1) is 0 Å². The molecule has 0 N–H and O–H groups in total. The van der Waals surface area contributed by atoms with E-state index in [-0.39, 0.29) is 12.5 Å². The summed E-state index contributed by atoms with van der Waals surface area (Å²) in [6.07, 6.45) is 0. The third-order valence-corrected chi connectivity index (χ3v) is 3.88. The fourth-order valence-electron chi connectivity index (χ4n) is 2.56. The van der Waals surface area contributed by atoms with Gasteiger partial charge in [-0.05, 0) is 25.1 Å². The van der Waals surface area contributed by atoms with Crippen LogP contribution >= 0.6 is 0 Å². The summed E-state index contributed by atoms with van der Waals surface area (Å²) in [6.45, 7) is 2.59. The van der Waals surface area contributed by atoms with Crippen molar-refractivity contribution in [3.8, 4) is 11.4 Å². The van der Waals surface area contributed by atoms with E-state index < -0.39 is 5.97 Å². The lowest BCUT2D eigenvalue weighted by molar-refractivity contribution is 0.0430. The van der Waals surface area contributed by atoms with Crippen LogP contribution in [-0.4, -0.2) is 31.1 Å². The van der Waals surface area contributed by atoms with Crippen molar-refractivity contribution < 1.29 is 14.1 Å². The van der Waals surface area contributed by atoms with E-state index in [9.17, 15) is 4.79 Å². The third kappa shape index (κ3) is 3.04. The molecule has 4 rings (SSSR count). The molecule has 0 atom stereocenters. The molecule has 0 spiro atoms. The number of carbonyl (C=O) groups excluding carboxylic acids is 1. The van der Waals surface area contributed by atoms with E-state index in [4.69, 9.17) is 9.26 Å². The van der Waals surface area contributed by atoms with Crippen molar-refractivity contribution in [2.45, 2.75) is 20.1 Å². The minimum absolute atomic E-state index is 0.0989. The summed E-state index contributed by atoms with van der Waals surface area (Å²) in [6, 6.07) is 14.6. The van der Waals surface area contributed by atoms with Crippen LogP contribution in [0.3, 0.4) is 0 Å². The summed E-state index contributed by atoms with van der Waals surface area (Å²) >= 11 is 0. The predicted molar refractivity (Wildman–Crippen MR) is 92.1 cm³/mol. The fraction of sp³-hybridized carbons (Fsp3) is 0.167. The maximum absolute atomic E-state index is 12.2. The van der Waals surface area contributed by atoms with Crippen molar-refractivity contribution >= 4 is 17.0 Å². The molecular formula is C18H15N5O3. The van der Waals surface area contributed by atoms with E-state index in [0.29, 0.717) is 23.4 Å². The number of aromatic nitrogens is 5. The van der Waals surface area contributed by atoms with Crippen molar-refractivity contribution in [2.24, 2.45) is 0 Å². The van der Waals surface area contributed by atoms with E-state index in [1.54, 1.807) is 22.9 Å². The van der Waals surface area contributed by atoms with E-state index in [0.717, 1.165) is 11.1 Å². The summed E-state index contributed by atoms with van der Waals surface area (Å²) in [5, 5.41) is 12.0. The van der Waals surface area contributed by atoms with Gasteiger partial charge < -0.3 is 9.26 Å². The van der Waals surface area contributed by atoms with Crippen LogP contribution in [0.15, 0.2) is 53.1 Å². The molecule has 8 nitrogen and oxygen atoms in total. The van der Waals surface area contributed by atoms with Gasteiger partial charge in [0.1, 0.15) is 5.52 Å². The maximum atomic E-state index is 12.2. The van der Waals surface area contributed by atoms with Gasteiger partial charge in [0.2, 0.25) is 5.82 Å². The van der Waals surface area contributed by atoms with Gasteiger partial charge in [0, 0.05) is 12.1 Å². The number of ether oxygens (including phenoxy) is 1. The standard InChI is InChI=1S/C18H15N5O3/c1-2-23-15-9-8-13(10-14(15)20-22-23)18(24)25-11-16-19-17(21-26-16)12-6-4-3-5-7-12/h3-10H,2,11H2,1H3. The zero-order valence-corrected chi connectivity index (χ0v) is 14.0. The summed E-state index contributed by atoms with van der Waals surface area (Å²) < 4.78 is 12.1.